The highest BCUT2D eigenvalue weighted by Gasteiger charge is 2.34. The van der Waals surface area contributed by atoms with E-state index in [-0.39, 0.29) is 5.25 Å². The van der Waals surface area contributed by atoms with E-state index in [2.05, 4.69) is 4.90 Å². The number of carbonyl (C=O) groups is 1. The van der Waals surface area contributed by atoms with Crippen molar-refractivity contribution in [2.75, 3.05) is 18.2 Å². The molecule has 4 heteroatoms. The summed E-state index contributed by atoms with van der Waals surface area (Å²) in [5, 5.41) is 0.261. The normalized spacial score (nSPS) is 29.9. The number of thioether (sulfide) groups is 1. The fraction of sp³-hybridized carbons (Fsp3) is 0.917. The lowest BCUT2D eigenvalue weighted by atomic mass is 10.1. The van der Waals surface area contributed by atoms with E-state index in [0.29, 0.717) is 11.9 Å². The highest BCUT2D eigenvalue weighted by atomic mass is 35.5. The van der Waals surface area contributed by atoms with Gasteiger partial charge in [-0.15, -0.1) is 23.4 Å². The van der Waals surface area contributed by atoms with Crippen LogP contribution in [0.15, 0.2) is 0 Å². The van der Waals surface area contributed by atoms with Gasteiger partial charge in [-0.1, -0.05) is 0 Å². The maximum Gasteiger partial charge on any atom is 0.235 e. The van der Waals surface area contributed by atoms with Crippen LogP contribution >= 0.6 is 23.4 Å². The summed E-state index contributed by atoms with van der Waals surface area (Å²) in [6.07, 6.45) is 6.78. The number of carbonyl (C=O) groups excluding carboxylic acids is 1. The third-order valence-corrected chi connectivity index (χ3v) is 5.17. The Morgan fingerprint density at radius 2 is 2.25 bits per heavy atom. The number of alkyl halides is 1. The van der Waals surface area contributed by atoms with Crippen LogP contribution in [0.5, 0.6) is 0 Å². The van der Waals surface area contributed by atoms with Gasteiger partial charge in [0.05, 0.1) is 5.25 Å². The maximum absolute atomic E-state index is 12.3. The molecule has 1 amide bonds. The average Bonchev–Trinajstić information content (AvgIpc) is 2.96. The van der Waals surface area contributed by atoms with Gasteiger partial charge in [-0.05, 0) is 44.3 Å². The molecule has 2 unspecified atom stereocenters. The van der Waals surface area contributed by atoms with Crippen molar-refractivity contribution in [3.63, 3.8) is 0 Å². The lowest BCUT2D eigenvalue weighted by Gasteiger charge is -2.27. The van der Waals surface area contributed by atoms with Crippen molar-refractivity contribution in [3.05, 3.63) is 0 Å². The van der Waals surface area contributed by atoms with E-state index >= 15 is 0 Å². The van der Waals surface area contributed by atoms with E-state index < -0.39 is 0 Å². The molecular weight excluding hydrogens is 242 g/mol. The second-order valence-corrected chi connectivity index (χ2v) is 6.35. The summed E-state index contributed by atoms with van der Waals surface area (Å²) in [4.78, 5) is 14.4. The van der Waals surface area contributed by atoms with Gasteiger partial charge in [-0.3, -0.25) is 4.79 Å². The van der Waals surface area contributed by atoms with E-state index in [1.807, 2.05) is 11.8 Å². The van der Waals surface area contributed by atoms with E-state index in [1.165, 1.54) is 19.3 Å². The standard InChI is InChI=1S/C12H20ClNOS/c13-7-1-4-10-5-2-8-14(10)12(15)11-6-3-9-16-11/h10-11H,1-9H2. The summed E-state index contributed by atoms with van der Waals surface area (Å²) in [5.41, 5.74) is 0. The van der Waals surface area contributed by atoms with Crippen LogP contribution in [-0.4, -0.2) is 40.3 Å². The zero-order valence-corrected chi connectivity index (χ0v) is 11.2. The third-order valence-electron chi connectivity index (χ3n) is 3.54. The molecule has 0 aromatic carbocycles. The van der Waals surface area contributed by atoms with Gasteiger partial charge in [0.1, 0.15) is 0 Å². The second kappa shape index (κ2) is 6.15. The van der Waals surface area contributed by atoms with Gasteiger partial charge in [0.2, 0.25) is 5.91 Å². The van der Waals surface area contributed by atoms with Crippen molar-refractivity contribution in [2.24, 2.45) is 0 Å². The first-order valence-electron chi connectivity index (χ1n) is 6.31. The predicted octanol–water partition coefficient (Wildman–Crippen LogP) is 2.89. The van der Waals surface area contributed by atoms with Gasteiger partial charge in [0.25, 0.3) is 0 Å². The number of rotatable bonds is 4. The minimum absolute atomic E-state index is 0.261. The van der Waals surface area contributed by atoms with E-state index in [4.69, 9.17) is 11.6 Å². The van der Waals surface area contributed by atoms with Crippen LogP contribution in [0.3, 0.4) is 0 Å². The van der Waals surface area contributed by atoms with Crippen molar-refractivity contribution < 1.29 is 4.79 Å². The van der Waals surface area contributed by atoms with E-state index in [9.17, 15) is 4.79 Å². The molecule has 0 bridgehead atoms. The van der Waals surface area contributed by atoms with Crippen LogP contribution < -0.4 is 0 Å². The summed E-state index contributed by atoms with van der Waals surface area (Å²) in [6.45, 7) is 0.975. The predicted molar refractivity (Wildman–Crippen MR) is 70.2 cm³/mol. The molecule has 0 radical (unpaired) electrons. The zero-order chi connectivity index (χ0) is 11.4. The number of likely N-dealkylation sites (tertiary alicyclic amines) is 1. The Morgan fingerprint density at radius 3 is 2.94 bits per heavy atom. The van der Waals surface area contributed by atoms with Crippen LogP contribution in [0.2, 0.25) is 0 Å². The quantitative estimate of drug-likeness (QED) is 0.726. The molecule has 0 aliphatic carbocycles. The number of hydrogen-bond acceptors (Lipinski definition) is 2. The molecule has 0 aromatic heterocycles. The molecule has 92 valence electrons. The molecule has 2 saturated heterocycles. The first-order chi connectivity index (χ1) is 7.83. The average molecular weight is 262 g/mol. The Morgan fingerprint density at radius 1 is 1.38 bits per heavy atom. The smallest absolute Gasteiger partial charge is 0.235 e. The fourth-order valence-electron chi connectivity index (χ4n) is 2.70. The Balaban J connectivity index is 1.88. The topological polar surface area (TPSA) is 20.3 Å². The minimum Gasteiger partial charge on any atom is -0.339 e. The number of amides is 1. The Kier molecular flexibility index (Phi) is 4.83. The first-order valence-corrected chi connectivity index (χ1v) is 7.89. The molecule has 2 aliphatic heterocycles. The van der Waals surface area contributed by atoms with Crippen LogP contribution in [0.1, 0.15) is 38.5 Å². The van der Waals surface area contributed by atoms with Crippen molar-refractivity contribution in [1.29, 1.82) is 0 Å². The molecule has 2 aliphatic rings. The largest absolute Gasteiger partial charge is 0.339 e. The van der Waals surface area contributed by atoms with Crippen molar-refractivity contribution >= 4 is 29.3 Å². The zero-order valence-electron chi connectivity index (χ0n) is 9.66. The molecule has 2 rings (SSSR count). The van der Waals surface area contributed by atoms with Gasteiger partial charge >= 0.3 is 0 Å². The van der Waals surface area contributed by atoms with Gasteiger partial charge < -0.3 is 4.90 Å². The molecular formula is C12H20ClNOS. The Bertz CT molecular complexity index is 243. The number of hydrogen-bond donors (Lipinski definition) is 0. The van der Waals surface area contributed by atoms with Crippen molar-refractivity contribution in [2.45, 2.75) is 49.8 Å². The van der Waals surface area contributed by atoms with E-state index in [0.717, 1.165) is 37.4 Å². The Hall–Kier alpha value is 0.110. The highest BCUT2D eigenvalue weighted by Crippen LogP contribution is 2.31. The molecule has 0 spiro atoms. The van der Waals surface area contributed by atoms with Gasteiger partial charge in [-0.25, -0.2) is 0 Å². The molecule has 2 atom stereocenters. The molecule has 0 aromatic rings. The minimum atomic E-state index is 0.261. The van der Waals surface area contributed by atoms with Crippen LogP contribution in [-0.2, 0) is 4.79 Å². The van der Waals surface area contributed by atoms with Gasteiger partial charge in [0, 0.05) is 18.5 Å². The summed E-state index contributed by atoms with van der Waals surface area (Å²) in [6, 6.07) is 0.479. The second-order valence-electron chi connectivity index (χ2n) is 4.66. The summed E-state index contributed by atoms with van der Waals surface area (Å²) in [7, 11) is 0. The molecule has 2 nitrogen and oxygen atoms in total. The lowest BCUT2D eigenvalue weighted by molar-refractivity contribution is -0.131. The van der Waals surface area contributed by atoms with Crippen LogP contribution in [0, 0.1) is 0 Å². The Labute approximate surface area is 107 Å². The number of halogens is 1. The van der Waals surface area contributed by atoms with Crippen LogP contribution in [0.25, 0.3) is 0 Å². The first kappa shape index (κ1) is 12.6. The summed E-state index contributed by atoms with van der Waals surface area (Å²) >= 11 is 7.57. The van der Waals surface area contributed by atoms with Gasteiger partial charge in [-0.2, -0.15) is 0 Å². The number of nitrogens with zero attached hydrogens (tertiary/aromatic N) is 1. The molecule has 2 fully saturated rings. The SMILES string of the molecule is O=C(C1CCCS1)N1CCCC1CCCCl. The van der Waals surface area contributed by atoms with E-state index in [1.54, 1.807) is 0 Å². The maximum atomic E-state index is 12.3. The van der Waals surface area contributed by atoms with Crippen LogP contribution in [0.4, 0.5) is 0 Å². The van der Waals surface area contributed by atoms with Crippen molar-refractivity contribution in [3.8, 4) is 0 Å². The molecule has 0 saturated carbocycles. The fourth-order valence-corrected chi connectivity index (χ4v) is 4.08. The van der Waals surface area contributed by atoms with Gasteiger partial charge in [0.15, 0.2) is 0 Å². The van der Waals surface area contributed by atoms with Crippen molar-refractivity contribution in [1.82, 2.24) is 4.90 Å². The molecule has 16 heavy (non-hydrogen) atoms. The summed E-state index contributed by atoms with van der Waals surface area (Å²) in [5.74, 6) is 2.28. The molecule has 2 heterocycles. The highest BCUT2D eigenvalue weighted by molar-refractivity contribution is 8.00. The lowest BCUT2D eigenvalue weighted by Crippen LogP contribution is -2.40. The molecule has 0 N–H and O–H groups in total. The summed E-state index contributed by atoms with van der Waals surface area (Å²) < 4.78 is 0. The monoisotopic (exact) mass is 261 g/mol. The third kappa shape index (κ3) is 2.86.